The Balaban J connectivity index is 1.56. The number of thiophene rings is 1. The molecule has 0 N–H and O–H groups in total. The second-order valence-corrected chi connectivity index (χ2v) is 9.03. The van der Waals surface area contributed by atoms with E-state index in [1.54, 1.807) is 22.7 Å². The Bertz CT molecular complexity index is 1480. The highest BCUT2D eigenvalue weighted by Crippen LogP contribution is 2.37. The van der Waals surface area contributed by atoms with Crippen molar-refractivity contribution < 1.29 is 0 Å². The van der Waals surface area contributed by atoms with Gasteiger partial charge in [-0.05, 0) is 78.8 Å². The molecule has 0 amide bonds. The van der Waals surface area contributed by atoms with Crippen LogP contribution in [0.15, 0.2) is 101 Å². The van der Waals surface area contributed by atoms with Crippen molar-refractivity contribution in [1.82, 2.24) is 4.98 Å². The molecule has 142 valence electrons. The first-order valence-electron chi connectivity index (χ1n) is 9.84. The van der Waals surface area contributed by atoms with E-state index in [9.17, 15) is 0 Å². The summed E-state index contributed by atoms with van der Waals surface area (Å²) in [6.07, 6.45) is 1.95. The van der Waals surface area contributed by atoms with Crippen LogP contribution in [0.2, 0.25) is 0 Å². The van der Waals surface area contributed by atoms with Gasteiger partial charge < -0.3 is 0 Å². The number of fused-ring (bicyclic) bond motifs is 2. The van der Waals surface area contributed by atoms with Crippen molar-refractivity contribution in [1.29, 1.82) is 0 Å². The summed E-state index contributed by atoms with van der Waals surface area (Å²) in [4.78, 5) is 5.46. The number of hydrogen-bond acceptors (Lipinski definition) is 3. The normalized spacial score (nSPS) is 11.3. The summed E-state index contributed by atoms with van der Waals surface area (Å²) >= 11 is 3.43. The van der Waals surface area contributed by atoms with Gasteiger partial charge >= 0.3 is 0 Å². The number of thiazole rings is 1. The largest absolute Gasteiger partial charge is 0.252 e. The fraction of sp³-hybridized carbons (Fsp3) is 0. The Morgan fingerprint density at radius 2 is 1.47 bits per heavy atom. The highest BCUT2D eigenvalue weighted by molar-refractivity contribution is 7.13. The molecule has 0 unspecified atom stereocenters. The van der Waals surface area contributed by atoms with E-state index in [2.05, 4.69) is 94.6 Å². The van der Waals surface area contributed by atoms with Gasteiger partial charge in [0.2, 0.25) is 0 Å². The van der Waals surface area contributed by atoms with Gasteiger partial charge in [-0.3, -0.25) is 4.98 Å². The molecule has 0 aliphatic rings. The van der Waals surface area contributed by atoms with Crippen molar-refractivity contribution in [3.05, 3.63) is 101 Å². The summed E-state index contributed by atoms with van der Waals surface area (Å²) in [6.45, 7) is 0. The topological polar surface area (TPSA) is 12.9 Å². The van der Waals surface area contributed by atoms with Crippen LogP contribution in [0.25, 0.3) is 54.2 Å². The van der Waals surface area contributed by atoms with Gasteiger partial charge in [0, 0.05) is 11.8 Å². The second kappa shape index (κ2) is 7.21. The van der Waals surface area contributed by atoms with Crippen LogP contribution in [-0.2, 0) is 0 Å². The number of hydrogen-bond donors (Lipinski definition) is 0. The SMILES string of the molecule is c1ccc2c(-c3ccsc3)cc(-c3ccc4c(-c5cncs5)cccc4c3)cc2c1. The van der Waals surface area contributed by atoms with Gasteiger partial charge in [-0.1, -0.05) is 54.6 Å². The number of nitrogens with zero attached hydrogens (tertiary/aromatic N) is 1. The average molecular weight is 420 g/mol. The highest BCUT2D eigenvalue weighted by atomic mass is 32.1. The lowest BCUT2D eigenvalue weighted by Crippen LogP contribution is -1.85. The number of benzene rings is 4. The van der Waals surface area contributed by atoms with Crippen LogP contribution < -0.4 is 0 Å². The van der Waals surface area contributed by atoms with E-state index in [0.717, 1.165) is 0 Å². The molecule has 6 rings (SSSR count). The fourth-order valence-electron chi connectivity index (χ4n) is 4.16. The molecule has 30 heavy (non-hydrogen) atoms. The molecule has 0 spiro atoms. The predicted octanol–water partition coefficient (Wildman–Crippen LogP) is 8.51. The molecule has 6 aromatic rings. The summed E-state index contributed by atoms with van der Waals surface area (Å²) in [5, 5.41) is 9.47. The van der Waals surface area contributed by atoms with Gasteiger partial charge in [-0.2, -0.15) is 11.3 Å². The van der Waals surface area contributed by atoms with Crippen LogP contribution in [0.1, 0.15) is 0 Å². The van der Waals surface area contributed by atoms with E-state index in [1.807, 2.05) is 11.7 Å². The van der Waals surface area contributed by atoms with Gasteiger partial charge in [-0.15, -0.1) is 11.3 Å². The Kier molecular flexibility index (Phi) is 4.22. The van der Waals surface area contributed by atoms with E-state index >= 15 is 0 Å². The van der Waals surface area contributed by atoms with Gasteiger partial charge in [0.15, 0.2) is 0 Å². The van der Waals surface area contributed by atoms with Gasteiger partial charge in [0.05, 0.1) is 10.4 Å². The minimum atomic E-state index is 1.21. The molecule has 0 fully saturated rings. The predicted molar refractivity (Wildman–Crippen MR) is 131 cm³/mol. The number of aromatic nitrogens is 1. The second-order valence-electron chi connectivity index (χ2n) is 7.36. The standard InChI is InChI=1S/C27H17NS2/c1-2-6-23-19(4-1)13-22(14-26(23)21-10-11-29-16-21)18-8-9-24-20(12-18)5-3-7-25(24)27-15-28-17-30-27/h1-17H. The Morgan fingerprint density at radius 3 is 2.30 bits per heavy atom. The molecule has 0 atom stereocenters. The highest BCUT2D eigenvalue weighted by Gasteiger charge is 2.10. The zero-order valence-corrected chi connectivity index (χ0v) is 17.7. The Hall–Kier alpha value is -3.27. The van der Waals surface area contributed by atoms with Crippen LogP contribution in [0, 0.1) is 0 Å². The molecule has 4 aromatic carbocycles. The maximum Gasteiger partial charge on any atom is 0.0797 e. The van der Waals surface area contributed by atoms with Crippen molar-refractivity contribution in [2.24, 2.45) is 0 Å². The maximum atomic E-state index is 4.25. The Labute approximate surface area is 182 Å². The maximum absolute atomic E-state index is 4.25. The molecule has 2 aromatic heterocycles. The zero-order valence-electron chi connectivity index (χ0n) is 16.1. The molecule has 0 aliphatic heterocycles. The summed E-state index contributed by atoms with van der Waals surface area (Å²) in [7, 11) is 0. The fourth-order valence-corrected chi connectivity index (χ4v) is 5.48. The third-order valence-electron chi connectivity index (χ3n) is 5.61. The zero-order chi connectivity index (χ0) is 19.9. The van der Waals surface area contributed by atoms with Crippen molar-refractivity contribution in [2.75, 3.05) is 0 Å². The van der Waals surface area contributed by atoms with E-state index in [1.165, 1.54) is 54.2 Å². The van der Waals surface area contributed by atoms with Crippen LogP contribution in [0.3, 0.4) is 0 Å². The molecular formula is C27H17NS2. The number of rotatable bonds is 3. The molecular weight excluding hydrogens is 402 g/mol. The van der Waals surface area contributed by atoms with Crippen LogP contribution in [-0.4, -0.2) is 4.98 Å². The third-order valence-corrected chi connectivity index (χ3v) is 7.10. The molecule has 0 radical (unpaired) electrons. The smallest absolute Gasteiger partial charge is 0.0797 e. The molecule has 0 bridgehead atoms. The van der Waals surface area contributed by atoms with Gasteiger partial charge in [-0.25, -0.2) is 0 Å². The van der Waals surface area contributed by atoms with E-state index in [-0.39, 0.29) is 0 Å². The van der Waals surface area contributed by atoms with Crippen LogP contribution in [0.5, 0.6) is 0 Å². The summed E-state index contributed by atoms with van der Waals surface area (Å²) < 4.78 is 0. The van der Waals surface area contributed by atoms with Crippen molar-refractivity contribution >= 4 is 44.2 Å². The van der Waals surface area contributed by atoms with E-state index < -0.39 is 0 Å². The molecule has 0 saturated heterocycles. The lowest BCUT2D eigenvalue weighted by molar-refractivity contribution is 1.43. The van der Waals surface area contributed by atoms with Gasteiger partial charge in [0.1, 0.15) is 0 Å². The average Bonchev–Trinajstić information content (AvgIpc) is 3.52. The first kappa shape index (κ1) is 17.6. The quantitative estimate of drug-likeness (QED) is 0.280. The van der Waals surface area contributed by atoms with Crippen molar-refractivity contribution in [3.63, 3.8) is 0 Å². The van der Waals surface area contributed by atoms with Crippen LogP contribution >= 0.6 is 22.7 Å². The minimum Gasteiger partial charge on any atom is -0.252 e. The van der Waals surface area contributed by atoms with E-state index in [0.29, 0.717) is 0 Å². The monoisotopic (exact) mass is 419 g/mol. The third kappa shape index (κ3) is 2.95. The molecule has 0 aliphatic carbocycles. The first-order chi connectivity index (χ1) is 14.9. The summed E-state index contributed by atoms with van der Waals surface area (Å²) in [5.74, 6) is 0. The molecule has 0 saturated carbocycles. The van der Waals surface area contributed by atoms with Crippen LogP contribution in [0.4, 0.5) is 0 Å². The van der Waals surface area contributed by atoms with E-state index in [4.69, 9.17) is 0 Å². The van der Waals surface area contributed by atoms with Crippen molar-refractivity contribution in [2.45, 2.75) is 0 Å². The Morgan fingerprint density at radius 1 is 0.633 bits per heavy atom. The van der Waals surface area contributed by atoms with Gasteiger partial charge in [0.25, 0.3) is 0 Å². The molecule has 3 heteroatoms. The lowest BCUT2D eigenvalue weighted by atomic mass is 9.92. The minimum absolute atomic E-state index is 1.21. The lowest BCUT2D eigenvalue weighted by Gasteiger charge is -2.12. The first-order valence-corrected chi connectivity index (χ1v) is 11.7. The van der Waals surface area contributed by atoms with Crippen molar-refractivity contribution in [3.8, 4) is 32.7 Å². The molecule has 1 nitrogen and oxygen atoms in total. The summed E-state index contributed by atoms with van der Waals surface area (Å²) in [6, 6.07) is 28.8. The summed E-state index contributed by atoms with van der Waals surface area (Å²) in [5.41, 5.74) is 8.21. The molecule has 2 heterocycles.